The number of nitrogens with one attached hydrogen (secondary N) is 1. The maximum atomic E-state index is 11.5. The molecule has 1 amide bonds. The normalized spacial score (nSPS) is 29.7. The molecule has 1 unspecified atom stereocenters. The van der Waals surface area contributed by atoms with Crippen molar-refractivity contribution < 1.29 is 24.2 Å². The molecule has 0 radical (unpaired) electrons. The van der Waals surface area contributed by atoms with Crippen LogP contribution in [0.3, 0.4) is 0 Å². The van der Waals surface area contributed by atoms with Crippen molar-refractivity contribution in [3.05, 3.63) is 0 Å². The number of hydrogen-bond acceptors (Lipinski definition) is 4. The number of carboxylic acids is 1. The van der Waals surface area contributed by atoms with Crippen molar-refractivity contribution in [2.24, 2.45) is 5.92 Å². The molecule has 1 rings (SSSR count). The third-order valence-electron chi connectivity index (χ3n) is 2.50. The second-order valence-corrected chi connectivity index (χ2v) is 3.49. The maximum Gasteiger partial charge on any atom is 0.343 e. The molecule has 84 valence electrons. The van der Waals surface area contributed by atoms with Gasteiger partial charge in [-0.2, -0.15) is 0 Å². The Morgan fingerprint density at radius 3 is 2.60 bits per heavy atom. The second kappa shape index (κ2) is 3.88. The number of carboxylic acid groups (broad SMARTS) is 1. The van der Waals surface area contributed by atoms with Gasteiger partial charge in [-0.3, -0.25) is 4.79 Å². The summed E-state index contributed by atoms with van der Waals surface area (Å²) >= 11 is 0. The van der Waals surface area contributed by atoms with E-state index in [1.807, 2.05) is 0 Å². The van der Waals surface area contributed by atoms with E-state index in [4.69, 9.17) is 5.11 Å². The number of esters is 1. The lowest BCUT2D eigenvalue weighted by Gasteiger charge is -2.25. The summed E-state index contributed by atoms with van der Waals surface area (Å²) in [4.78, 5) is 33.7. The van der Waals surface area contributed by atoms with E-state index >= 15 is 0 Å². The number of hydrogen-bond donors (Lipinski definition) is 2. The van der Waals surface area contributed by atoms with E-state index in [0.29, 0.717) is 0 Å². The average Bonchev–Trinajstić information content (AvgIpc) is 2.42. The molecule has 0 aliphatic carbocycles. The molecule has 0 saturated carbocycles. The summed E-state index contributed by atoms with van der Waals surface area (Å²) in [5.41, 5.74) is -1.91. The van der Waals surface area contributed by atoms with Crippen LogP contribution in [0.1, 0.15) is 20.3 Å². The Morgan fingerprint density at radius 1 is 1.67 bits per heavy atom. The summed E-state index contributed by atoms with van der Waals surface area (Å²) in [6, 6.07) is 0. The van der Waals surface area contributed by atoms with Gasteiger partial charge >= 0.3 is 11.9 Å². The van der Waals surface area contributed by atoms with Gasteiger partial charge in [0.2, 0.25) is 11.4 Å². The molecule has 0 aromatic carbocycles. The highest BCUT2D eigenvalue weighted by Gasteiger charge is 2.57. The first kappa shape index (κ1) is 11.5. The fourth-order valence-electron chi connectivity index (χ4n) is 1.67. The van der Waals surface area contributed by atoms with Crippen LogP contribution in [0.2, 0.25) is 0 Å². The molecule has 2 N–H and O–H groups in total. The van der Waals surface area contributed by atoms with Crippen molar-refractivity contribution in [1.29, 1.82) is 0 Å². The Bertz CT molecular complexity index is 314. The summed E-state index contributed by atoms with van der Waals surface area (Å²) in [7, 11) is 0. The van der Waals surface area contributed by atoms with E-state index in [-0.39, 0.29) is 13.0 Å². The third kappa shape index (κ3) is 1.67. The Balaban J connectivity index is 3.04. The second-order valence-electron chi connectivity index (χ2n) is 3.49. The Labute approximate surface area is 86.6 Å². The highest BCUT2D eigenvalue weighted by atomic mass is 16.5. The topological polar surface area (TPSA) is 92.7 Å². The summed E-state index contributed by atoms with van der Waals surface area (Å²) in [5, 5.41) is 11.2. The monoisotopic (exact) mass is 215 g/mol. The minimum Gasteiger partial charge on any atom is -0.479 e. The van der Waals surface area contributed by atoms with Gasteiger partial charge in [-0.25, -0.2) is 9.59 Å². The molecule has 0 aromatic rings. The molecular formula is C9H13NO5. The molecule has 6 heteroatoms. The highest BCUT2D eigenvalue weighted by molar-refractivity contribution is 6.09. The molecule has 6 nitrogen and oxygen atoms in total. The number of ether oxygens (including phenoxy) is 1. The van der Waals surface area contributed by atoms with Crippen molar-refractivity contribution in [2.75, 3.05) is 6.61 Å². The van der Waals surface area contributed by atoms with Crippen LogP contribution in [-0.2, 0) is 19.1 Å². The first-order chi connectivity index (χ1) is 6.95. The van der Waals surface area contributed by atoms with E-state index in [2.05, 4.69) is 10.1 Å². The van der Waals surface area contributed by atoms with Gasteiger partial charge in [0.05, 0.1) is 6.61 Å². The van der Waals surface area contributed by atoms with Crippen LogP contribution < -0.4 is 5.32 Å². The Morgan fingerprint density at radius 2 is 2.27 bits per heavy atom. The fourth-order valence-corrected chi connectivity index (χ4v) is 1.67. The summed E-state index contributed by atoms with van der Waals surface area (Å²) < 4.78 is 4.67. The van der Waals surface area contributed by atoms with Gasteiger partial charge in [0.15, 0.2) is 0 Å². The van der Waals surface area contributed by atoms with E-state index < -0.39 is 29.3 Å². The number of carbonyl (C=O) groups excluding carboxylic acids is 2. The minimum absolute atomic E-state index is 0.0190. The zero-order valence-corrected chi connectivity index (χ0v) is 8.57. The molecular weight excluding hydrogens is 202 g/mol. The van der Waals surface area contributed by atoms with Crippen LogP contribution in [0.5, 0.6) is 0 Å². The van der Waals surface area contributed by atoms with Gasteiger partial charge in [0.25, 0.3) is 0 Å². The van der Waals surface area contributed by atoms with E-state index in [1.165, 1.54) is 6.92 Å². The highest BCUT2D eigenvalue weighted by Crippen LogP contribution is 2.28. The van der Waals surface area contributed by atoms with Crippen LogP contribution in [0, 0.1) is 5.92 Å². The summed E-state index contributed by atoms with van der Waals surface area (Å²) in [6.45, 7) is 3.19. The van der Waals surface area contributed by atoms with Gasteiger partial charge in [0, 0.05) is 12.3 Å². The smallest absolute Gasteiger partial charge is 0.343 e. The molecule has 2 atom stereocenters. The lowest BCUT2D eigenvalue weighted by atomic mass is 9.87. The SMILES string of the molecule is CCOC(=O)C1(C(=O)O)NC(=O)C[C@H]1C. The Kier molecular flexibility index (Phi) is 2.97. The molecule has 1 aliphatic heterocycles. The predicted molar refractivity (Wildman–Crippen MR) is 48.9 cm³/mol. The molecule has 0 bridgehead atoms. The van der Waals surface area contributed by atoms with E-state index in [9.17, 15) is 14.4 Å². The van der Waals surface area contributed by atoms with Crippen LogP contribution in [0.15, 0.2) is 0 Å². The van der Waals surface area contributed by atoms with Gasteiger partial charge in [-0.15, -0.1) is 0 Å². The van der Waals surface area contributed by atoms with Crippen LogP contribution >= 0.6 is 0 Å². The van der Waals surface area contributed by atoms with Crippen molar-refractivity contribution in [1.82, 2.24) is 5.32 Å². The maximum absolute atomic E-state index is 11.5. The van der Waals surface area contributed by atoms with Gasteiger partial charge in [-0.05, 0) is 6.92 Å². The van der Waals surface area contributed by atoms with Crippen LogP contribution in [0.25, 0.3) is 0 Å². The molecule has 15 heavy (non-hydrogen) atoms. The minimum atomic E-state index is -1.91. The van der Waals surface area contributed by atoms with Gasteiger partial charge < -0.3 is 15.2 Å². The third-order valence-corrected chi connectivity index (χ3v) is 2.50. The molecule has 1 aliphatic rings. The molecule has 1 fully saturated rings. The van der Waals surface area contributed by atoms with Crippen LogP contribution in [-0.4, -0.2) is 35.1 Å². The van der Waals surface area contributed by atoms with Crippen molar-refractivity contribution in [3.8, 4) is 0 Å². The zero-order valence-electron chi connectivity index (χ0n) is 8.57. The molecule has 1 heterocycles. The number of rotatable bonds is 3. The summed E-state index contributed by atoms with van der Waals surface area (Å²) in [6.07, 6.45) is 0.0190. The largest absolute Gasteiger partial charge is 0.479 e. The first-order valence-electron chi connectivity index (χ1n) is 4.66. The zero-order chi connectivity index (χ0) is 11.6. The van der Waals surface area contributed by atoms with Crippen LogP contribution in [0.4, 0.5) is 0 Å². The molecule has 0 aromatic heterocycles. The standard InChI is InChI=1S/C9H13NO5/c1-3-15-8(14)9(7(12)13)5(2)4-6(11)10-9/h5H,3-4H2,1-2H3,(H,10,11)(H,12,13)/t5-,9?/m1/s1. The predicted octanol–water partition coefficient (Wildman–Crippen LogP) is -0.471. The number of amides is 1. The molecule has 1 saturated heterocycles. The first-order valence-corrected chi connectivity index (χ1v) is 4.66. The number of aliphatic carboxylic acids is 1. The lowest BCUT2D eigenvalue weighted by Crippen LogP contribution is -2.59. The summed E-state index contributed by atoms with van der Waals surface area (Å²) in [5.74, 6) is -3.34. The van der Waals surface area contributed by atoms with E-state index in [1.54, 1.807) is 6.92 Å². The fraction of sp³-hybridized carbons (Fsp3) is 0.667. The van der Waals surface area contributed by atoms with Crippen molar-refractivity contribution in [3.63, 3.8) is 0 Å². The van der Waals surface area contributed by atoms with Crippen molar-refractivity contribution in [2.45, 2.75) is 25.8 Å². The van der Waals surface area contributed by atoms with Gasteiger partial charge in [-0.1, -0.05) is 6.92 Å². The lowest BCUT2D eigenvalue weighted by molar-refractivity contribution is -0.164. The quantitative estimate of drug-likeness (QED) is 0.490. The molecule has 0 spiro atoms. The van der Waals surface area contributed by atoms with Crippen molar-refractivity contribution >= 4 is 17.8 Å². The van der Waals surface area contributed by atoms with Gasteiger partial charge in [0.1, 0.15) is 0 Å². The Hall–Kier alpha value is -1.59. The van der Waals surface area contributed by atoms with E-state index in [0.717, 1.165) is 0 Å². The number of carbonyl (C=O) groups is 3. The average molecular weight is 215 g/mol.